The fraction of sp³-hybridized carbons (Fsp3) is 0.471. The van der Waals surface area contributed by atoms with E-state index >= 15 is 0 Å². The maximum Gasteiger partial charge on any atom is 0.317 e. The van der Waals surface area contributed by atoms with Crippen LogP contribution in [0.3, 0.4) is 0 Å². The quantitative estimate of drug-likeness (QED) is 0.918. The molecule has 1 aromatic carbocycles. The van der Waals surface area contributed by atoms with Gasteiger partial charge in [0.25, 0.3) is 0 Å². The first-order chi connectivity index (χ1) is 11.8. The van der Waals surface area contributed by atoms with Crippen molar-refractivity contribution in [1.82, 2.24) is 30.1 Å². The molecule has 2 saturated heterocycles. The summed E-state index contributed by atoms with van der Waals surface area (Å²) in [5, 5.41) is 11.8. The van der Waals surface area contributed by atoms with Gasteiger partial charge >= 0.3 is 6.03 Å². The highest BCUT2D eigenvalue weighted by Crippen LogP contribution is 2.19. The average Bonchev–Trinajstić information content (AvgIpc) is 3.25. The number of nitrogens with zero attached hydrogens (tertiary/aromatic N) is 5. The lowest BCUT2D eigenvalue weighted by atomic mass is 10.0. The van der Waals surface area contributed by atoms with Crippen molar-refractivity contribution in [2.75, 3.05) is 26.2 Å². The van der Waals surface area contributed by atoms with Crippen LogP contribution in [-0.4, -0.2) is 63.0 Å². The van der Waals surface area contributed by atoms with Crippen molar-refractivity contribution in [3.05, 3.63) is 42.2 Å². The number of carbonyl (C=O) groups excluding carboxylic acids is 1. The van der Waals surface area contributed by atoms with E-state index in [4.69, 9.17) is 0 Å². The molecule has 7 heteroatoms. The van der Waals surface area contributed by atoms with Crippen LogP contribution in [0.25, 0.3) is 5.69 Å². The molecule has 2 aliphatic heterocycles. The number of rotatable bonds is 4. The zero-order valence-electron chi connectivity index (χ0n) is 13.6. The number of hydrogen-bond donors (Lipinski definition) is 1. The topological polar surface area (TPSA) is 66.3 Å². The predicted molar refractivity (Wildman–Crippen MR) is 89.8 cm³/mol. The Bertz CT molecular complexity index is 700. The highest BCUT2D eigenvalue weighted by Gasteiger charge is 2.31. The molecular formula is C17H22N6O. The van der Waals surface area contributed by atoms with Crippen molar-refractivity contribution < 1.29 is 4.79 Å². The van der Waals surface area contributed by atoms with Gasteiger partial charge in [-0.2, -0.15) is 15.0 Å². The first-order valence-corrected chi connectivity index (χ1v) is 8.53. The molecule has 7 nitrogen and oxygen atoms in total. The Morgan fingerprint density at radius 3 is 2.88 bits per heavy atom. The highest BCUT2D eigenvalue weighted by atomic mass is 16.2. The Hall–Kier alpha value is -2.41. The van der Waals surface area contributed by atoms with Gasteiger partial charge in [0, 0.05) is 32.2 Å². The molecule has 1 aromatic heterocycles. The monoisotopic (exact) mass is 326 g/mol. The summed E-state index contributed by atoms with van der Waals surface area (Å²) in [7, 11) is 0. The fourth-order valence-electron chi connectivity index (χ4n) is 3.55. The van der Waals surface area contributed by atoms with Gasteiger partial charge < -0.3 is 10.2 Å². The fourth-order valence-corrected chi connectivity index (χ4v) is 3.55. The standard InChI is InChI=1S/C17H22N6O/c24-17-18-8-10-22(17)16-7-4-9-21(13-16)12-14-11-19-23(20-14)15-5-2-1-3-6-15/h1-3,5-6,11,16H,4,7-10,12-13H2,(H,18,24). The van der Waals surface area contributed by atoms with Gasteiger partial charge in [0.05, 0.1) is 17.6 Å². The van der Waals surface area contributed by atoms with Crippen LogP contribution in [0.5, 0.6) is 0 Å². The molecule has 0 radical (unpaired) electrons. The molecule has 2 aromatic rings. The molecule has 3 heterocycles. The number of benzene rings is 1. The molecule has 1 atom stereocenters. The van der Waals surface area contributed by atoms with Crippen LogP contribution in [0.1, 0.15) is 18.5 Å². The first-order valence-electron chi connectivity index (χ1n) is 8.53. The summed E-state index contributed by atoms with van der Waals surface area (Å²) >= 11 is 0. The average molecular weight is 326 g/mol. The van der Waals surface area contributed by atoms with E-state index in [2.05, 4.69) is 20.4 Å². The van der Waals surface area contributed by atoms with E-state index in [1.807, 2.05) is 41.4 Å². The number of aromatic nitrogens is 3. The number of nitrogens with one attached hydrogen (secondary N) is 1. The maximum atomic E-state index is 11.9. The second-order valence-corrected chi connectivity index (χ2v) is 6.42. The smallest absolute Gasteiger partial charge is 0.317 e. The zero-order valence-corrected chi connectivity index (χ0v) is 13.6. The number of likely N-dealkylation sites (tertiary alicyclic amines) is 1. The molecule has 2 fully saturated rings. The maximum absolute atomic E-state index is 11.9. The molecule has 2 amide bonds. The zero-order chi connectivity index (χ0) is 16.4. The van der Waals surface area contributed by atoms with E-state index in [9.17, 15) is 4.79 Å². The second kappa shape index (κ2) is 6.60. The minimum atomic E-state index is 0.0804. The van der Waals surface area contributed by atoms with Crippen molar-refractivity contribution in [3.8, 4) is 5.69 Å². The summed E-state index contributed by atoms with van der Waals surface area (Å²) in [5.41, 5.74) is 1.93. The van der Waals surface area contributed by atoms with Gasteiger partial charge in [-0.05, 0) is 31.5 Å². The molecule has 0 spiro atoms. The van der Waals surface area contributed by atoms with Crippen LogP contribution in [0.15, 0.2) is 36.5 Å². The van der Waals surface area contributed by atoms with Crippen molar-refractivity contribution in [2.45, 2.75) is 25.4 Å². The predicted octanol–water partition coefficient (Wildman–Crippen LogP) is 1.26. The van der Waals surface area contributed by atoms with Crippen LogP contribution in [-0.2, 0) is 6.54 Å². The molecule has 0 saturated carbocycles. The highest BCUT2D eigenvalue weighted by molar-refractivity contribution is 5.76. The van der Waals surface area contributed by atoms with E-state index in [1.54, 1.807) is 4.80 Å². The van der Waals surface area contributed by atoms with E-state index in [-0.39, 0.29) is 6.03 Å². The Kier molecular flexibility index (Phi) is 4.17. The lowest BCUT2D eigenvalue weighted by Crippen LogP contribution is -2.48. The Labute approximate surface area is 141 Å². The normalized spacial score (nSPS) is 21.9. The number of amides is 2. The molecule has 1 unspecified atom stereocenters. The summed E-state index contributed by atoms with van der Waals surface area (Å²) < 4.78 is 0. The van der Waals surface area contributed by atoms with E-state index in [1.165, 1.54) is 0 Å². The Morgan fingerprint density at radius 2 is 2.08 bits per heavy atom. The molecule has 2 aliphatic rings. The second-order valence-electron chi connectivity index (χ2n) is 6.42. The number of carbonyl (C=O) groups is 1. The summed E-state index contributed by atoms with van der Waals surface area (Å²) in [6.07, 6.45) is 4.03. The molecular weight excluding hydrogens is 304 g/mol. The number of hydrogen-bond acceptors (Lipinski definition) is 4. The largest absolute Gasteiger partial charge is 0.336 e. The van der Waals surface area contributed by atoms with E-state index in [0.29, 0.717) is 6.04 Å². The van der Waals surface area contributed by atoms with Gasteiger partial charge in [-0.1, -0.05) is 18.2 Å². The number of urea groups is 1. The van der Waals surface area contributed by atoms with Gasteiger partial charge in [-0.3, -0.25) is 4.90 Å². The molecule has 1 N–H and O–H groups in total. The van der Waals surface area contributed by atoms with Crippen LogP contribution < -0.4 is 5.32 Å². The lowest BCUT2D eigenvalue weighted by molar-refractivity contribution is 0.121. The Balaban J connectivity index is 1.40. The third kappa shape index (κ3) is 3.12. The molecule has 0 bridgehead atoms. The first kappa shape index (κ1) is 15.1. The van der Waals surface area contributed by atoms with Crippen molar-refractivity contribution >= 4 is 6.03 Å². The van der Waals surface area contributed by atoms with Crippen molar-refractivity contribution in [1.29, 1.82) is 0 Å². The van der Waals surface area contributed by atoms with Crippen LogP contribution in [0.2, 0.25) is 0 Å². The van der Waals surface area contributed by atoms with Gasteiger partial charge in [0.2, 0.25) is 0 Å². The van der Waals surface area contributed by atoms with Crippen molar-refractivity contribution in [2.24, 2.45) is 0 Å². The van der Waals surface area contributed by atoms with Gasteiger partial charge in [0.15, 0.2) is 0 Å². The van der Waals surface area contributed by atoms with Crippen LogP contribution >= 0.6 is 0 Å². The third-order valence-corrected chi connectivity index (χ3v) is 4.72. The van der Waals surface area contributed by atoms with Crippen LogP contribution in [0, 0.1) is 0 Å². The minimum Gasteiger partial charge on any atom is -0.336 e. The van der Waals surface area contributed by atoms with E-state index in [0.717, 1.165) is 56.9 Å². The number of piperidine rings is 1. The van der Waals surface area contributed by atoms with Crippen molar-refractivity contribution in [3.63, 3.8) is 0 Å². The molecule has 24 heavy (non-hydrogen) atoms. The summed E-state index contributed by atoms with van der Waals surface area (Å²) in [6.45, 7) is 4.32. The summed E-state index contributed by atoms with van der Waals surface area (Å²) in [6, 6.07) is 10.3. The molecule has 126 valence electrons. The minimum absolute atomic E-state index is 0.0804. The van der Waals surface area contributed by atoms with E-state index < -0.39 is 0 Å². The van der Waals surface area contributed by atoms with Gasteiger partial charge in [-0.25, -0.2) is 4.79 Å². The Morgan fingerprint density at radius 1 is 1.21 bits per heavy atom. The third-order valence-electron chi connectivity index (χ3n) is 4.72. The summed E-state index contributed by atoms with van der Waals surface area (Å²) in [4.78, 5) is 17.9. The SMILES string of the molecule is O=C1NCCN1C1CCCN(Cc2cnn(-c3ccccc3)n2)C1. The summed E-state index contributed by atoms with van der Waals surface area (Å²) in [5.74, 6) is 0. The van der Waals surface area contributed by atoms with Crippen LogP contribution in [0.4, 0.5) is 4.79 Å². The molecule has 0 aliphatic carbocycles. The lowest BCUT2D eigenvalue weighted by Gasteiger charge is -2.36. The van der Waals surface area contributed by atoms with Gasteiger partial charge in [0.1, 0.15) is 0 Å². The number of para-hydroxylation sites is 1. The molecule has 4 rings (SSSR count). The van der Waals surface area contributed by atoms with Gasteiger partial charge in [-0.15, -0.1) is 0 Å².